The van der Waals surface area contributed by atoms with Crippen LogP contribution in [0.25, 0.3) is 0 Å². The Bertz CT molecular complexity index is 523. The lowest BCUT2D eigenvalue weighted by Gasteiger charge is -2.30. The van der Waals surface area contributed by atoms with Crippen LogP contribution in [0.3, 0.4) is 0 Å². The zero-order chi connectivity index (χ0) is 13.8. The van der Waals surface area contributed by atoms with Gasteiger partial charge in [0.25, 0.3) is 0 Å². The van der Waals surface area contributed by atoms with Crippen LogP contribution in [0.2, 0.25) is 0 Å². The topological polar surface area (TPSA) is 36.4 Å². The summed E-state index contributed by atoms with van der Waals surface area (Å²) < 4.78 is 0. The van der Waals surface area contributed by atoms with E-state index in [-0.39, 0.29) is 6.61 Å². The molecule has 0 fully saturated rings. The summed E-state index contributed by atoms with van der Waals surface area (Å²) in [6, 6.07) is 6.64. The van der Waals surface area contributed by atoms with Gasteiger partial charge in [-0.1, -0.05) is 6.07 Å². The number of hydrogen-bond acceptors (Lipinski definition) is 4. The summed E-state index contributed by atoms with van der Waals surface area (Å²) in [5, 5.41) is 11.6. The van der Waals surface area contributed by atoms with Crippen molar-refractivity contribution in [2.75, 3.05) is 4.90 Å². The van der Waals surface area contributed by atoms with Crippen LogP contribution in [0.1, 0.15) is 30.0 Å². The van der Waals surface area contributed by atoms with Gasteiger partial charge in [0.2, 0.25) is 0 Å². The van der Waals surface area contributed by atoms with Crippen LogP contribution in [0, 0.1) is 6.92 Å². The number of rotatable bonds is 5. The lowest BCUT2D eigenvalue weighted by molar-refractivity contribution is 0.281. The van der Waals surface area contributed by atoms with Gasteiger partial charge in [0.05, 0.1) is 13.2 Å². The first-order valence-electron chi connectivity index (χ1n) is 6.47. The largest absolute Gasteiger partial charge is 0.392 e. The number of hydrogen-bond donors (Lipinski definition) is 1. The number of aromatic nitrogens is 1. The standard InChI is InChI=1S/C15H20N2OS/c1-11(2)17(9-14-5-4-6-19-14)15-7-12(3)16-8-13(15)10-18/h4-8,11,18H,9-10H2,1-3H3. The minimum Gasteiger partial charge on any atom is -0.392 e. The molecule has 3 nitrogen and oxygen atoms in total. The summed E-state index contributed by atoms with van der Waals surface area (Å²) in [7, 11) is 0. The first-order chi connectivity index (χ1) is 9.11. The Morgan fingerprint density at radius 3 is 2.79 bits per heavy atom. The first kappa shape index (κ1) is 14.0. The molecule has 4 heteroatoms. The summed E-state index contributed by atoms with van der Waals surface area (Å²) in [6.07, 6.45) is 1.77. The smallest absolute Gasteiger partial charge is 0.0717 e. The summed E-state index contributed by atoms with van der Waals surface area (Å²) in [6.45, 7) is 7.21. The third-order valence-corrected chi connectivity index (χ3v) is 3.97. The Balaban J connectivity index is 2.35. The van der Waals surface area contributed by atoms with Gasteiger partial charge in [-0.05, 0) is 38.3 Å². The molecule has 0 aliphatic carbocycles. The van der Waals surface area contributed by atoms with Crippen molar-refractivity contribution in [3.63, 3.8) is 0 Å². The predicted octanol–water partition coefficient (Wildman–Crippen LogP) is 3.36. The number of pyridine rings is 1. The van der Waals surface area contributed by atoms with E-state index < -0.39 is 0 Å². The van der Waals surface area contributed by atoms with Crippen LogP contribution in [-0.2, 0) is 13.2 Å². The maximum absolute atomic E-state index is 9.50. The van der Waals surface area contributed by atoms with Gasteiger partial charge in [0, 0.05) is 34.1 Å². The van der Waals surface area contributed by atoms with Crippen molar-refractivity contribution in [1.29, 1.82) is 0 Å². The lowest BCUT2D eigenvalue weighted by Crippen LogP contribution is -2.30. The summed E-state index contributed by atoms with van der Waals surface area (Å²) in [5.74, 6) is 0. The van der Waals surface area contributed by atoms with E-state index in [1.54, 1.807) is 17.5 Å². The molecule has 0 saturated carbocycles. The van der Waals surface area contributed by atoms with Crippen LogP contribution < -0.4 is 4.90 Å². The number of anilines is 1. The molecule has 2 heterocycles. The Morgan fingerprint density at radius 1 is 1.42 bits per heavy atom. The van der Waals surface area contributed by atoms with Crippen molar-refractivity contribution in [3.8, 4) is 0 Å². The zero-order valence-corrected chi connectivity index (χ0v) is 12.4. The van der Waals surface area contributed by atoms with Gasteiger partial charge in [-0.25, -0.2) is 0 Å². The molecular formula is C15H20N2OS. The summed E-state index contributed by atoms with van der Waals surface area (Å²) in [5.41, 5.74) is 2.94. The fraction of sp³-hybridized carbons (Fsp3) is 0.400. The van der Waals surface area contributed by atoms with Crippen LogP contribution in [0.15, 0.2) is 29.8 Å². The predicted molar refractivity (Wildman–Crippen MR) is 80.5 cm³/mol. The van der Waals surface area contributed by atoms with Crippen LogP contribution >= 0.6 is 11.3 Å². The highest BCUT2D eigenvalue weighted by molar-refractivity contribution is 7.09. The lowest BCUT2D eigenvalue weighted by atomic mass is 10.1. The molecule has 0 unspecified atom stereocenters. The molecule has 0 saturated heterocycles. The molecule has 0 aliphatic rings. The van der Waals surface area contributed by atoms with E-state index in [1.807, 2.05) is 6.92 Å². The number of aryl methyl sites for hydroxylation is 1. The molecule has 2 rings (SSSR count). The van der Waals surface area contributed by atoms with Gasteiger partial charge < -0.3 is 10.0 Å². The minimum absolute atomic E-state index is 0.0241. The third kappa shape index (κ3) is 3.33. The molecule has 102 valence electrons. The third-order valence-electron chi connectivity index (χ3n) is 3.11. The quantitative estimate of drug-likeness (QED) is 0.909. The highest BCUT2D eigenvalue weighted by Crippen LogP contribution is 2.26. The van der Waals surface area contributed by atoms with Crippen molar-refractivity contribution in [2.45, 2.75) is 40.0 Å². The normalized spacial score (nSPS) is 11.0. The second-order valence-corrected chi connectivity index (χ2v) is 5.95. The van der Waals surface area contributed by atoms with Gasteiger partial charge >= 0.3 is 0 Å². The fourth-order valence-electron chi connectivity index (χ4n) is 2.08. The number of nitrogens with zero attached hydrogens (tertiary/aromatic N) is 2. The highest BCUT2D eigenvalue weighted by atomic mass is 32.1. The van der Waals surface area contributed by atoms with Crippen molar-refractivity contribution in [1.82, 2.24) is 4.98 Å². The molecule has 0 radical (unpaired) electrons. The molecule has 0 aliphatic heterocycles. The van der Waals surface area contributed by atoms with E-state index in [1.165, 1.54) is 4.88 Å². The average Bonchev–Trinajstić information content (AvgIpc) is 2.88. The van der Waals surface area contributed by atoms with E-state index >= 15 is 0 Å². The van der Waals surface area contributed by atoms with E-state index in [0.717, 1.165) is 23.5 Å². The average molecular weight is 276 g/mol. The molecule has 2 aromatic rings. The van der Waals surface area contributed by atoms with Crippen molar-refractivity contribution in [3.05, 3.63) is 45.9 Å². The monoisotopic (exact) mass is 276 g/mol. The van der Waals surface area contributed by atoms with Gasteiger partial charge in [0.15, 0.2) is 0 Å². The zero-order valence-electron chi connectivity index (χ0n) is 11.6. The molecule has 0 atom stereocenters. The Labute approximate surface area is 118 Å². The SMILES string of the molecule is Cc1cc(N(Cc2cccs2)C(C)C)c(CO)cn1. The summed E-state index contributed by atoms with van der Waals surface area (Å²) >= 11 is 1.76. The van der Waals surface area contributed by atoms with Gasteiger partial charge in [-0.2, -0.15) is 0 Å². The second-order valence-electron chi connectivity index (χ2n) is 4.91. The van der Waals surface area contributed by atoms with E-state index in [2.05, 4.69) is 47.3 Å². The molecule has 1 N–H and O–H groups in total. The Morgan fingerprint density at radius 2 is 2.21 bits per heavy atom. The van der Waals surface area contributed by atoms with Crippen molar-refractivity contribution in [2.24, 2.45) is 0 Å². The molecule has 0 amide bonds. The second kappa shape index (κ2) is 6.17. The maximum atomic E-state index is 9.50. The molecule has 19 heavy (non-hydrogen) atoms. The van der Waals surface area contributed by atoms with Crippen molar-refractivity contribution >= 4 is 17.0 Å². The van der Waals surface area contributed by atoms with E-state index in [4.69, 9.17) is 0 Å². The minimum atomic E-state index is 0.0241. The first-order valence-corrected chi connectivity index (χ1v) is 7.35. The molecule has 0 aromatic carbocycles. The van der Waals surface area contributed by atoms with E-state index in [9.17, 15) is 5.11 Å². The van der Waals surface area contributed by atoms with Crippen LogP contribution in [0.4, 0.5) is 5.69 Å². The maximum Gasteiger partial charge on any atom is 0.0717 e. The number of aliphatic hydroxyl groups excluding tert-OH is 1. The van der Waals surface area contributed by atoms with Crippen LogP contribution in [0.5, 0.6) is 0 Å². The molecule has 0 bridgehead atoms. The van der Waals surface area contributed by atoms with Gasteiger partial charge in [-0.15, -0.1) is 11.3 Å². The fourth-order valence-corrected chi connectivity index (χ4v) is 2.78. The van der Waals surface area contributed by atoms with E-state index in [0.29, 0.717) is 6.04 Å². The highest BCUT2D eigenvalue weighted by Gasteiger charge is 2.16. The molecular weight excluding hydrogens is 256 g/mol. The molecule has 2 aromatic heterocycles. The summed E-state index contributed by atoms with van der Waals surface area (Å²) in [4.78, 5) is 7.90. The van der Waals surface area contributed by atoms with Crippen LogP contribution in [-0.4, -0.2) is 16.1 Å². The number of aliphatic hydroxyl groups is 1. The Hall–Kier alpha value is -1.39. The van der Waals surface area contributed by atoms with Gasteiger partial charge in [-0.3, -0.25) is 4.98 Å². The van der Waals surface area contributed by atoms with Crippen molar-refractivity contribution < 1.29 is 5.11 Å². The van der Waals surface area contributed by atoms with Gasteiger partial charge in [0.1, 0.15) is 0 Å². The molecule has 0 spiro atoms. The Kier molecular flexibility index (Phi) is 4.56. The number of thiophene rings is 1.